The molecular weight excluding hydrogens is 253 g/mol. The number of Topliss-reactive ketones (excluding diaryl/α,β-unsaturated/α-hetero) is 1. The lowest BCUT2D eigenvalue weighted by molar-refractivity contribution is -0.143. The maximum Gasteiger partial charge on any atom is 0.339 e. The van der Waals surface area contributed by atoms with Crippen molar-refractivity contribution in [3.05, 3.63) is 28.2 Å². The zero-order valence-electron chi connectivity index (χ0n) is 8.42. The molecule has 0 bridgehead atoms. The fourth-order valence-electron chi connectivity index (χ4n) is 0.923. The highest BCUT2D eigenvalue weighted by Gasteiger charge is 2.08. The van der Waals surface area contributed by atoms with Crippen molar-refractivity contribution in [1.29, 1.82) is 0 Å². The molecule has 0 aliphatic rings. The third kappa shape index (κ3) is 4.08. The van der Waals surface area contributed by atoms with Crippen molar-refractivity contribution in [2.45, 2.75) is 13.3 Å². The Morgan fingerprint density at radius 2 is 2.06 bits per heavy atom. The second-order valence-corrected chi connectivity index (χ2v) is 3.92. The summed E-state index contributed by atoms with van der Waals surface area (Å²) in [6.07, 6.45) is -0.280. The largest absolute Gasteiger partial charge is 0.343 e. The highest BCUT2D eigenvalue weighted by atomic mass is 35.5. The van der Waals surface area contributed by atoms with Gasteiger partial charge in [0.2, 0.25) is 0 Å². The number of halogens is 2. The molecule has 0 heterocycles. The molecule has 1 rings (SSSR count). The van der Waals surface area contributed by atoms with Gasteiger partial charge in [0.1, 0.15) is 12.2 Å². The van der Waals surface area contributed by atoms with Crippen LogP contribution in [0.25, 0.3) is 0 Å². The Morgan fingerprint density at radius 3 is 2.62 bits per heavy atom. The lowest BCUT2D eigenvalue weighted by atomic mass is 10.3. The van der Waals surface area contributed by atoms with Gasteiger partial charge in [0.15, 0.2) is 0 Å². The van der Waals surface area contributed by atoms with Gasteiger partial charge < -0.3 is 4.84 Å². The first-order chi connectivity index (χ1) is 7.49. The first kappa shape index (κ1) is 12.8. The second-order valence-electron chi connectivity index (χ2n) is 3.08. The SMILES string of the molecule is CC(=O)CC(=O)ONc1ccc(Cl)cc1Cl. The van der Waals surface area contributed by atoms with Gasteiger partial charge in [-0.25, -0.2) is 10.3 Å². The summed E-state index contributed by atoms with van der Waals surface area (Å²) in [4.78, 5) is 26.3. The number of hydrogen-bond donors (Lipinski definition) is 1. The predicted octanol–water partition coefficient (Wildman–Crippen LogP) is 2.84. The molecule has 0 unspecified atom stereocenters. The molecule has 6 heteroatoms. The maximum absolute atomic E-state index is 11.0. The molecule has 16 heavy (non-hydrogen) atoms. The molecule has 0 saturated carbocycles. The third-order valence-electron chi connectivity index (χ3n) is 1.60. The van der Waals surface area contributed by atoms with Gasteiger partial charge in [0.05, 0.1) is 10.7 Å². The van der Waals surface area contributed by atoms with E-state index in [0.29, 0.717) is 15.7 Å². The monoisotopic (exact) mass is 261 g/mol. The summed E-state index contributed by atoms with van der Waals surface area (Å²) in [5, 5.41) is 0.800. The van der Waals surface area contributed by atoms with Gasteiger partial charge in [-0.05, 0) is 25.1 Å². The highest BCUT2D eigenvalue weighted by molar-refractivity contribution is 6.36. The lowest BCUT2D eigenvalue weighted by Gasteiger charge is -2.07. The van der Waals surface area contributed by atoms with E-state index in [-0.39, 0.29) is 12.2 Å². The minimum absolute atomic E-state index is 0.269. The smallest absolute Gasteiger partial charge is 0.339 e. The molecule has 0 fully saturated rings. The average Bonchev–Trinajstić information content (AvgIpc) is 2.15. The van der Waals surface area contributed by atoms with Crippen molar-refractivity contribution in [3.63, 3.8) is 0 Å². The average molecular weight is 262 g/mol. The fourth-order valence-corrected chi connectivity index (χ4v) is 1.37. The van der Waals surface area contributed by atoms with E-state index in [0.717, 1.165) is 0 Å². The molecule has 4 nitrogen and oxygen atoms in total. The second kappa shape index (κ2) is 5.72. The van der Waals surface area contributed by atoms with Crippen molar-refractivity contribution >= 4 is 40.6 Å². The molecule has 1 aromatic carbocycles. The molecule has 86 valence electrons. The molecule has 0 aromatic heterocycles. The Morgan fingerprint density at radius 1 is 1.38 bits per heavy atom. The lowest BCUT2D eigenvalue weighted by Crippen LogP contribution is -2.13. The maximum atomic E-state index is 11.0. The Hall–Kier alpha value is -1.26. The van der Waals surface area contributed by atoms with Crippen LogP contribution in [0.1, 0.15) is 13.3 Å². The Labute approximate surface area is 102 Å². The molecule has 0 radical (unpaired) electrons. The van der Waals surface area contributed by atoms with E-state index in [4.69, 9.17) is 23.2 Å². The standard InChI is InChI=1S/C10H9Cl2NO3/c1-6(14)4-10(15)16-13-9-3-2-7(11)5-8(9)12/h2-3,5,13H,4H2,1H3. The van der Waals surface area contributed by atoms with Crippen LogP contribution in [0.4, 0.5) is 5.69 Å². The molecule has 1 aromatic rings. The van der Waals surface area contributed by atoms with Gasteiger partial charge in [0, 0.05) is 5.02 Å². The summed E-state index contributed by atoms with van der Waals surface area (Å²) >= 11 is 11.5. The quantitative estimate of drug-likeness (QED) is 0.669. The van der Waals surface area contributed by atoms with Crippen molar-refractivity contribution in [3.8, 4) is 0 Å². The molecule has 0 aliphatic carbocycles. The summed E-state index contributed by atoms with van der Waals surface area (Å²) in [6, 6.07) is 4.66. The Bertz CT molecular complexity index is 421. The van der Waals surface area contributed by atoms with Crippen LogP contribution in [-0.2, 0) is 14.4 Å². The van der Waals surface area contributed by atoms with E-state index in [1.54, 1.807) is 12.1 Å². The fraction of sp³-hybridized carbons (Fsp3) is 0.200. The third-order valence-corrected chi connectivity index (χ3v) is 2.15. The summed E-state index contributed by atoms with van der Waals surface area (Å²) in [5.74, 6) is -0.937. The van der Waals surface area contributed by atoms with Crippen LogP contribution < -0.4 is 5.48 Å². The van der Waals surface area contributed by atoms with Gasteiger partial charge in [0.25, 0.3) is 0 Å². The minimum atomic E-state index is -0.668. The van der Waals surface area contributed by atoms with Crippen molar-refractivity contribution in [2.24, 2.45) is 0 Å². The van der Waals surface area contributed by atoms with E-state index in [9.17, 15) is 9.59 Å². The number of ketones is 1. The zero-order chi connectivity index (χ0) is 12.1. The Balaban J connectivity index is 2.54. The number of hydrogen-bond acceptors (Lipinski definition) is 4. The van der Waals surface area contributed by atoms with E-state index >= 15 is 0 Å². The van der Waals surface area contributed by atoms with E-state index in [1.807, 2.05) is 0 Å². The summed E-state index contributed by atoms with van der Waals surface area (Å²) < 4.78 is 0. The molecule has 0 saturated heterocycles. The van der Waals surface area contributed by atoms with E-state index in [2.05, 4.69) is 10.3 Å². The van der Waals surface area contributed by atoms with Crippen LogP contribution >= 0.6 is 23.2 Å². The molecule has 0 spiro atoms. The van der Waals surface area contributed by atoms with Crippen LogP contribution in [0.2, 0.25) is 10.0 Å². The summed E-state index contributed by atoms with van der Waals surface area (Å²) in [6.45, 7) is 1.30. The number of carbonyl (C=O) groups excluding carboxylic acids is 2. The van der Waals surface area contributed by atoms with Crippen molar-refractivity contribution in [1.82, 2.24) is 0 Å². The van der Waals surface area contributed by atoms with Crippen molar-refractivity contribution < 1.29 is 14.4 Å². The van der Waals surface area contributed by atoms with Gasteiger partial charge in [-0.3, -0.25) is 4.79 Å². The first-order valence-electron chi connectivity index (χ1n) is 4.39. The minimum Gasteiger partial charge on any atom is -0.343 e. The molecule has 0 amide bonds. The van der Waals surface area contributed by atoms with Crippen LogP contribution in [0, 0.1) is 0 Å². The zero-order valence-corrected chi connectivity index (χ0v) is 9.93. The Kier molecular flexibility index (Phi) is 4.58. The number of carbonyl (C=O) groups is 2. The van der Waals surface area contributed by atoms with Crippen LogP contribution in [0.3, 0.4) is 0 Å². The molecule has 1 N–H and O–H groups in total. The van der Waals surface area contributed by atoms with Gasteiger partial charge in [-0.15, -0.1) is 0 Å². The predicted molar refractivity (Wildman–Crippen MR) is 61.5 cm³/mol. The number of anilines is 1. The first-order valence-corrected chi connectivity index (χ1v) is 5.15. The normalized spacial score (nSPS) is 9.69. The molecule has 0 aliphatic heterocycles. The summed E-state index contributed by atoms with van der Waals surface area (Å²) in [7, 11) is 0. The number of benzene rings is 1. The number of nitrogens with one attached hydrogen (secondary N) is 1. The van der Waals surface area contributed by atoms with Crippen molar-refractivity contribution in [2.75, 3.05) is 5.48 Å². The van der Waals surface area contributed by atoms with Crippen LogP contribution in [0.15, 0.2) is 18.2 Å². The van der Waals surface area contributed by atoms with Gasteiger partial charge in [-0.1, -0.05) is 23.2 Å². The number of rotatable bonds is 4. The topological polar surface area (TPSA) is 55.4 Å². The van der Waals surface area contributed by atoms with Gasteiger partial charge >= 0.3 is 5.97 Å². The van der Waals surface area contributed by atoms with Gasteiger partial charge in [-0.2, -0.15) is 0 Å². The highest BCUT2D eigenvalue weighted by Crippen LogP contribution is 2.25. The van der Waals surface area contributed by atoms with E-state index < -0.39 is 5.97 Å². The molecular formula is C10H9Cl2NO3. The van der Waals surface area contributed by atoms with E-state index in [1.165, 1.54) is 13.0 Å². The molecule has 0 atom stereocenters. The summed E-state index contributed by atoms with van der Waals surface area (Å²) in [5.41, 5.74) is 2.76. The van der Waals surface area contributed by atoms with Crippen LogP contribution in [-0.4, -0.2) is 11.8 Å². The van der Waals surface area contributed by atoms with Crippen LogP contribution in [0.5, 0.6) is 0 Å².